The highest BCUT2D eigenvalue weighted by atomic mass is 32.2. The second-order valence-corrected chi connectivity index (χ2v) is 6.88. The molecule has 0 unspecified atom stereocenters. The lowest BCUT2D eigenvalue weighted by molar-refractivity contribution is -0.138. The number of nitrogens with zero attached hydrogens (tertiary/aromatic N) is 1. The third kappa shape index (κ3) is 5.25. The predicted molar refractivity (Wildman–Crippen MR) is 70.6 cm³/mol. The van der Waals surface area contributed by atoms with E-state index >= 15 is 0 Å². The van der Waals surface area contributed by atoms with Crippen molar-refractivity contribution in [2.24, 2.45) is 0 Å². The summed E-state index contributed by atoms with van der Waals surface area (Å²) in [6.45, 7) is -0.201. The van der Waals surface area contributed by atoms with Crippen LogP contribution in [0.25, 0.3) is 0 Å². The second-order valence-electron chi connectivity index (χ2n) is 4.57. The summed E-state index contributed by atoms with van der Waals surface area (Å²) < 4.78 is 75.1. The van der Waals surface area contributed by atoms with Gasteiger partial charge in [0.2, 0.25) is 10.0 Å². The fourth-order valence-corrected chi connectivity index (χ4v) is 2.34. The normalized spacial score (nSPS) is 12.9. The van der Waals surface area contributed by atoms with Crippen LogP contribution in [0.15, 0.2) is 18.2 Å². The molecule has 0 aliphatic heterocycles. The predicted octanol–water partition coefficient (Wildman–Crippen LogP) is 1.83. The number of benzene rings is 1. The van der Waals surface area contributed by atoms with Gasteiger partial charge in [-0.2, -0.15) is 13.2 Å². The number of halogens is 4. The first-order chi connectivity index (χ1) is 9.54. The highest BCUT2D eigenvalue weighted by Gasteiger charge is 2.33. The van der Waals surface area contributed by atoms with Crippen molar-refractivity contribution in [1.29, 1.82) is 0 Å². The van der Waals surface area contributed by atoms with Gasteiger partial charge in [-0.25, -0.2) is 17.1 Å². The van der Waals surface area contributed by atoms with Crippen molar-refractivity contribution in [1.82, 2.24) is 9.62 Å². The third-order valence-electron chi connectivity index (χ3n) is 2.79. The van der Waals surface area contributed by atoms with E-state index in [0.717, 1.165) is 16.4 Å². The second kappa shape index (κ2) is 6.71. The number of rotatable bonds is 6. The molecule has 0 radical (unpaired) electrons. The molecule has 1 N–H and O–H groups in total. The summed E-state index contributed by atoms with van der Waals surface area (Å²) in [5, 5.41) is 2.62. The Labute approximate surface area is 120 Å². The largest absolute Gasteiger partial charge is 0.416 e. The topological polar surface area (TPSA) is 49.4 Å². The summed E-state index contributed by atoms with van der Waals surface area (Å²) in [5.41, 5.74) is -1.20. The molecule has 0 amide bonds. The van der Waals surface area contributed by atoms with Crippen molar-refractivity contribution in [3.63, 3.8) is 0 Å². The summed E-state index contributed by atoms with van der Waals surface area (Å²) in [6.07, 6.45) is -4.66. The van der Waals surface area contributed by atoms with Gasteiger partial charge in [-0.05, 0) is 17.7 Å². The molecule has 1 rings (SSSR count). The van der Waals surface area contributed by atoms with Crippen LogP contribution in [0.2, 0.25) is 0 Å². The van der Waals surface area contributed by atoms with E-state index in [1.54, 1.807) is 0 Å². The molecular weight excluding hydrogens is 312 g/mol. The van der Waals surface area contributed by atoms with Crippen LogP contribution >= 0.6 is 0 Å². The number of alkyl halides is 3. The molecule has 1 aromatic rings. The van der Waals surface area contributed by atoms with Gasteiger partial charge in [-0.15, -0.1) is 0 Å². The first-order valence-electron chi connectivity index (χ1n) is 6.00. The van der Waals surface area contributed by atoms with Gasteiger partial charge in [0, 0.05) is 27.2 Å². The summed E-state index contributed by atoms with van der Waals surface area (Å²) in [4.78, 5) is 0. The fraction of sp³-hybridized carbons (Fsp3) is 0.500. The van der Waals surface area contributed by atoms with Crippen LogP contribution in [0.4, 0.5) is 17.6 Å². The molecule has 120 valence electrons. The van der Waals surface area contributed by atoms with Crippen molar-refractivity contribution in [3.8, 4) is 0 Å². The van der Waals surface area contributed by atoms with Gasteiger partial charge < -0.3 is 5.32 Å². The molecule has 0 heterocycles. The van der Waals surface area contributed by atoms with Crippen LogP contribution in [0.3, 0.4) is 0 Å². The molecule has 0 saturated carbocycles. The maximum atomic E-state index is 12.9. The van der Waals surface area contributed by atoms with Crippen molar-refractivity contribution >= 4 is 10.0 Å². The number of nitrogens with one attached hydrogen (secondary N) is 1. The van der Waals surface area contributed by atoms with Gasteiger partial charge >= 0.3 is 6.18 Å². The smallest absolute Gasteiger partial charge is 0.312 e. The molecule has 0 aromatic heterocycles. The Kier molecular flexibility index (Phi) is 5.71. The molecule has 0 saturated heterocycles. The van der Waals surface area contributed by atoms with E-state index in [2.05, 4.69) is 5.32 Å². The fourth-order valence-electron chi connectivity index (χ4n) is 1.57. The van der Waals surface area contributed by atoms with Crippen LogP contribution in [0, 0.1) is 5.82 Å². The summed E-state index contributed by atoms with van der Waals surface area (Å²) >= 11 is 0. The molecule has 0 bridgehead atoms. The Balaban J connectivity index is 2.69. The molecule has 0 atom stereocenters. The van der Waals surface area contributed by atoms with E-state index < -0.39 is 27.6 Å². The molecule has 0 aliphatic carbocycles. The van der Waals surface area contributed by atoms with Gasteiger partial charge in [0.15, 0.2) is 0 Å². The molecule has 21 heavy (non-hydrogen) atoms. The van der Waals surface area contributed by atoms with Crippen molar-refractivity contribution in [2.75, 3.05) is 26.4 Å². The minimum Gasteiger partial charge on any atom is -0.312 e. The maximum Gasteiger partial charge on any atom is 0.416 e. The Morgan fingerprint density at radius 3 is 2.38 bits per heavy atom. The molecule has 1 aromatic carbocycles. The molecule has 4 nitrogen and oxygen atoms in total. The highest BCUT2D eigenvalue weighted by molar-refractivity contribution is 7.89. The van der Waals surface area contributed by atoms with E-state index in [4.69, 9.17) is 0 Å². The van der Waals surface area contributed by atoms with Crippen molar-refractivity contribution < 1.29 is 26.0 Å². The Morgan fingerprint density at radius 2 is 1.86 bits per heavy atom. The third-order valence-corrected chi connectivity index (χ3v) is 4.62. The monoisotopic (exact) mass is 328 g/mol. The lowest BCUT2D eigenvalue weighted by Crippen LogP contribution is -2.31. The number of sulfonamides is 1. The van der Waals surface area contributed by atoms with Gasteiger partial charge in [-0.3, -0.25) is 0 Å². The summed E-state index contributed by atoms with van der Waals surface area (Å²) in [6, 6.07) is 2.39. The zero-order valence-corrected chi connectivity index (χ0v) is 12.4. The first kappa shape index (κ1) is 17.9. The van der Waals surface area contributed by atoms with Gasteiger partial charge in [0.05, 0.1) is 11.3 Å². The van der Waals surface area contributed by atoms with Crippen LogP contribution in [0.1, 0.15) is 11.1 Å². The Bertz CT molecular complexity index is 585. The van der Waals surface area contributed by atoms with Crippen LogP contribution in [-0.4, -0.2) is 39.1 Å². The Morgan fingerprint density at radius 1 is 1.24 bits per heavy atom. The summed E-state index contributed by atoms with van der Waals surface area (Å²) in [7, 11) is -0.665. The molecule has 0 aliphatic rings. The first-order valence-corrected chi connectivity index (χ1v) is 7.61. The zero-order chi connectivity index (χ0) is 16.3. The summed E-state index contributed by atoms with van der Waals surface area (Å²) in [5.74, 6) is -1.20. The lowest BCUT2D eigenvalue weighted by Gasteiger charge is -2.14. The van der Waals surface area contributed by atoms with Crippen molar-refractivity contribution in [2.45, 2.75) is 12.7 Å². The average molecular weight is 328 g/mol. The van der Waals surface area contributed by atoms with E-state index in [9.17, 15) is 26.0 Å². The van der Waals surface area contributed by atoms with Crippen molar-refractivity contribution in [3.05, 3.63) is 35.1 Å². The zero-order valence-electron chi connectivity index (χ0n) is 11.5. The Hall–Kier alpha value is -1.19. The van der Waals surface area contributed by atoms with Gasteiger partial charge in [0.25, 0.3) is 0 Å². The SMILES string of the molecule is CN(C)S(=O)(=O)CCNCc1ccc(F)cc1C(F)(F)F. The minimum atomic E-state index is -4.66. The van der Waals surface area contributed by atoms with Gasteiger partial charge in [-0.1, -0.05) is 6.07 Å². The van der Waals surface area contributed by atoms with Crippen LogP contribution in [0.5, 0.6) is 0 Å². The van der Waals surface area contributed by atoms with Crippen LogP contribution in [-0.2, 0) is 22.7 Å². The standard InChI is InChI=1S/C12H16F4N2O2S/c1-18(2)21(19,20)6-5-17-8-9-3-4-10(13)7-11(9)12(14,15)16/h3-4,7,17H,5-6,8H2,1-2H3. The average Bonchev–Trinajstić information content (AvgIpc) is 2.34. The lowest BCUT2D eigenvalue weighted by atomic mass is 10.1. The van der Waals surface area contributed by atoms with E-state index in [-0.39, 0.29) is 24.4 Å². The van der Waals surface area contributed by atoms with Crippen LogP contribution < -0.4 is 5.32 Å². The quantitative estimate of drug-likeness (QED) is 0.640. The number of hydrogen-bond donors (Lipinski definition) is 1. The molecule has 9 heteroatoms. The molecule has 0 spiro atoms. The molecular formula is C12H16F4N2O2S. The number of hydrogen-bond acceptors (Lipinski definition) is 3. The maximum absolute atomic E-state index is 12.9. The van der Waals surface area contributed by atoms with E-state index in [1.807, 2.05) is 0 Å². The van der Waals surface area contributed by atoms with E-state index in [0.29, 0.717) is 6.07 Å². The van der Waals surface area contributed by atoms with E-state index in [1.165, 1.54) is 14.1 Å². The minimum absolute atomic E-state index is 0.00477. The van der Waals surface area contributed by atoms with Gasteiger partial charge in [0.1, 0.15) is 5.82 Å². The highest BCUT2D eigenvalue weighted by Crippen LogP contribution is 2.32. The molecule has 0 fully saturated rings.